The van der Waals surface area contributed by atoms with Crippen molar-refractivity contribution >= 4 is 11.8 Å². The minimum absolute atomic E-state index is 0.489. The second-order valence-electron chi connectivity index (χ2n) is 6.11. The molecule has 5 heteroatoms. The Hall–Kier alpha value is -1.36. The second-order valence-corrected chi connectivity index (χ2v) is 6.11. The lowest BCUT2D eigenvalue weighted by atomic mass is 9.96. The zero-order valence-corrected chi connectivity index (χ0v) is 13.8. The van der Waals surface area contributed by atoms with E-state index in [0.717, 1.165) is 24.9 Å². The average molecular weight is 291 g/mol. The van der Waals surface area contributed by atoms with Gasteiger partial charge in [-0.2, -0.15) is 4.98 Å². The van der Waals surface area contributed by atoms with Crippen LogP contribution in [0.15, 0.2) is 12.3 Å². The number of aromatic nitrogens is 2. The predicted molar refractivity (Wildman–Crippen MR) is 89.1 cm³/mol. The van der Waals surface area contributed by atoms with E-state index in [2.05, 4.69) is 29.0 Å². The molecule has 2 rings (SSSR count). The Morgan fingerprint density at radius 1 is 1.43 bits per heavy atom. The number of nitrogens with one attached hydrogen (secondary N) is 1. The highest BCUT2D eigenvalue weighted by molar-refractivity contribution is 5.44. The van der Waals surface area contributed by atoms with Gasteiger partial charge in [0.15, 0.2) is 0 Å². The molecule has 1 fully saturated rings. The van der Waals surface area contributed by atoms with Crippen LogP contribution in [0.1, 0.15) is 39.5 Å². The molecule has 1 aliphatic heterocycles. The lowest BCUT2D eigenvalue weighted by Crippen LogP contribution is -2.51. The molecule has 1 N–H and O–H groups in total. The molecule has 21 heavy (non-hydrogen) atoms. The van der Waals surface area contributed by atoms with Gasteiger partial charge in [-0.1, -0.05) is 6.92 Å². The normalized spacial score (nSPS) is 20.4. The van der Waals surface area contributed by atoms with Gasteiger partial charge in [0.1, 0.15) is 5.82 Å². The number of rotatable bonds is 6. The minimum Gasteiger partial charge on any atom is -0.352 e. The fourth-order valence-electron chi connectivity index (χ4n) is 2.98. The first-order chi connectivity index (χ1) is 10.1. The first kappa shape index (κ1) is 16.0. The zero-order valence-electron chi connectivity index (χ0n) is 13.8. The van der Waals surface area contributed by atoms with Crippen LogP contribution in [-0.4, -0.2) is 49.2 Å². The second kappa shape index (κ2) is 7.59. The maximum Gasteiger partial charge on any atom is 0.226 e. The van der Waals surface area contributed by atoms with Crippen molar-refractivity contribution in [2.75, 3.05) is 37.0 Å². The van der Waals surface area contributed by atoms with Crippen LogP contribution in [0.2, 0.25) is 0 Å². The third-order valence-corrected chi connectivity index (χ3v) is 4.17. The molecule has 1 aromatic heterocycles. The largest absolute Gasteiger partial charge is 0.352 e. The molecule has 0 amide bonds. The number of hydrogen-bond acceptors (Lipinski definition) is 5. The zero-order chi connectivity index (χ0) is 15.2. The van der Waals surface area contributed by atoms with E-state index in [0.29, 0.717) is 12.1 Å². The topological polar surface area (TPSA) is 44.3 Å². The van der Waals surface area contributed by atoms with Crippen LogP contribution in [0.4, 0.5) is 11.8 Å². The SMILES string of the molecule is CCCNC(C)C1CCCCN1c1ccnc(N(C)C)n1. The molecule has 2 heterocycles. The summed E-state index contributed by atoms with van der Waals surface area (Å²) in [7, 11) is 3.97. The number of piperidine rings is 1. The molecular formula is C16H29N5. The molecule has 0 spiro atoms. The van der Waals surface area contributed by atoms with E-state index in [1.165, 1.54) is 25.7 Å². The lowest BCUT2D eigenvalue weighted by Gasteiger charge is -2.40. The van der Waals surface area contributed by atoms with E-state index in [-0.39, 0.29) is 0 Å². The average Bonchev–Trinajstić information content (AvgIpc) is 2.52. The fraction of sp³-hybridized carbons (Fsp3) is 0.750. The molecule has 0 saturated carbocycles. The van der Waals surface area contributed by atoms with Crippen molar-refractivity contribution in [3.8, 4) is 0 Å². The van der Waals surface area contributed by atoms with Gasteiger partial charge in [0.25, 0.3) is 0 Å². The molecule has 0 aliphatic carbocycles. The summed E-state index contributed by atoms with van der Waals surface area (Å²) in [4.78, 5) is 13.5. The van der Waals surface area contributed by atoms with Gasteiger partial charge < -0.3 is 15.1 Å². The number of anilines is 2. The molecule has 118 valence electrons. The summed E-state index contributed by atoms with van der Waals surface area (Å²) >= 11 is 0. The fourth-order valence-corrected chi connectivity index (χ4v) is 2.98. The molecule has 0 radical (unpaired) electrons. The van der Waals surface area contributed by atoms with Crippen LogP contribution in [0.5, 0.6) is 0 Å². The molecule has 2 unspecified atom stereocenters. The molecule has 0 aromatic carbocycles. The van der Waals surface area contributed by atoms with E-state index in [1.54, 1.807) is 0 Å². The Bertz CT molecular complexity index is 434. The van der Waals surface area contributed by atoms with E-state index in [4.69, 9.17) is 4.98 Å². The summed E-state index contributed by atoms with van der Waals surface area (Å²) in [6, 6.07) is 3.05. The van der Waals surface area contributed by atoms with Gasteiger partial charge in [0, 0.05) is 38.9 Å². The van der Waals surface area contributed by atoms with Crippen LogP contribution in [0.25, 0.3) is 0 Å². The van der Waals surface area contributed by atoms with Crippen LogP contribution < -0.4 is 15.1 Å². The van der Waals surface area contributed by atoms with Crippen molar-refractivity contribution < 1.29 is 0 Å². The predicted octanol–water partition coefficient (Wildman–Crippen LogP) is 2.29. The summed E-state index contributed by atoms with van der Waals surface area (Å²) < 4.78 is 0. The van der Waals surface area contributed by atoms with Crippen LogP contribution in [0.3, 0.4) is 0 Å². The monoisotopic (exact) mass is 291 g/mol. The molecule has 1 aromatic rings. The molecular weight excluding hydrogens is 262 g/mol. The summed E-state index contributed by atoms with van der Waals surface area (Å²) in [5, 5.41) is 3.64. The third kappa shape index (κ3) is 4.06. The van der Waals surface area contributed by atoms with E-state index in [9.17, 15) is 0 Å². The van der Waals surface area contributed by atoms with Crippen molar-refractivity contribution in [2.24, 2.45) is 0 Å². The van der Waals surface area contributed by atoms with Crippen molar-refractivity contribution in [3.05, 3.63) is 12.3 Å². The highest BCUT2D eigenvalue weighted by Gasteiger charge is 2.28. The summed E-state index contributed by atoms with van der Waals surface area (Å²) in [5.41, 5.74) is 0. The molecule has 5 nitrogen and oxygen atoms in total. The minimum atomic E-state index is 0.489. The Morgan fingerprint density at radius 2 is 2.24 bits per heavy atom. The van der Waals surface area contributed by atoms with Crippen molar-refractivity contribution in [3.63, 3.8) is 0 Å². The molecule has 2 atom stereocenters. The maximum absolute atomic E-state index is 4.72. The Morgan fingerprint density at radius 3 is 2.95 bits per heavy atom. The van der Waals surface area contributed by atoms with Crippen LogP contribution in [-0.2, 0) is 0 Å². The molecule has 1 aliphatic rings. The van der Waals surface area contributed by atoms with E-state index < -0.39 is 0 Å². The summed E-state index contributed by atoms with van der Waals surface area (Å²) in [6.07, 6.45) is 6.84. The Kier molecular flexibility index (Phi) is 5.79. The number of hydrogen-bond donors (Lipinski definition) is 1. The van der Waals surface area contributed by atoms with Crippen molar-refractivity contribution in [2.45, 2.75) is 51.6 Å². The third-order valence-electron chi connectivity index (χ3n) is 4.17. The first-order valence-corrected chi connectivity index (χ1v) is 8.14. The highest BCUT2D eigenvalue weighted by atomic mass is 15.3. The molecule has 1 saturated heterocycles. The lowest BCUT2D eigenvalue weighted by molar-refractivity contribution is 0.366. The summed E-state index contributed by atoms with van der Waals surface area (Å²) in [5.74, 6) is 1.84. The van der Waals surface area contributed by atoms with Crippen LogP contribution in [0, 0.1) is 0 Å². The Labute approximate surface area is 128 Å². The van der Waals surface area contributed by atoms with Crippen molar-refractivity contribution in [1.82, 2.24) is 15.3 Å². The van der Waals surface area contributed by atoms with Gasteiger partial charge in [-0.05, 0) is 45.2 Å². The Balaban J connectivity index is 2.16. The molecule has 0 bridgehead atoms. The van der Waals surface area contributed by atoms with E-state index >= 15 is 0 Å². The van der Waals surface area contributed by atoms with Gasteiger partial charge >= 0.3 is 0 Å². The van der Waals surface area contributed by atoms with Gasteiger partial charge in [0.2, 0.25) is 5.95 Å². The smallest absolute Gasteiger partial charge is 0.226 e. The van der Waals surface area contributed by atoms with Gasteiger partial charge in [0.05, 0.1) is 0 Å². The maximum atomic E-state index is 4.72. The van der Waals surface area contributed by atoms with Gasteiger partial charge in [-0.3, -0.25) is 0 Å². The quantitative estimate of drug-likeness (QED) is 0.871. The summed E-state index contributed by atoms with van der Waals surface area (Å²) in [6.45, 7) is 6.68. The standard InChI is InChI=1S/C16H29N5/c1-5-10-17-13(2)14-8-6-7-12-21(14)15-9-11-18-16(19-15)20(3)4/h9,11,13-14,17H,5-8,10,12H2,1-4H3. The van der Waals surface area contributed by atoms with Crippen LogP contribution >= 0.6 is 0 Å². The number of nitrogens with zero attached hydrogens (tertiary/aromatic N) is 4. The first-order valence-electron chi connectivity index (χ1n) is 8.14. The van der Waals surface area contributed by atoms with E-state index in [1.807, 2.05) is 31.3 Å². The highest BCUT2D eigenvalue weighted by Crippen LogP contribution is 2.25. The van der Waals surface area contributed by atoms with Gasteiger partial charge in [-0.25, -0.2) is 4.98 Å². The van der Waals surface area contributed by atoms with Gasteiger partial charge in [-0.15, -0.1) is 0 Å². The van der Waals surface area contributed by atoms with Crippen molar-refractivity contribution in [1.29, 1.82) is 0 Å².